The number of ether oxygens (including phenoxy) is 2. The van der Waals surface area contributed by atoms with Gasteiger partial charge in [0.15, 0.2) is 0 Å². The molecule has 0 aromatic heterocycles. The Bertz CT molecular complexity index is 153. The van der Waals surface area contributed by atoms with E-state index >= 15 is 0 Å². The van der Waals surface area contributed by atoms with Crippen LogP contribution in [0.15, 0.2) is 0 Å². The minimum Gasteiger partial charge on any atom is -0.450 e. The minimum absolute atomic E-state index is 0.224. The lowest BCUT2D eigenvalue weighted by Crippen LogP contribution is -2.35. The Morgan fingerprint density at radius 1 is 1.54 bits per heavy atom. The predicted octanol–water partition coefficient (Wildman–Crippen LogP) is 1.30. The minimum atomic E-state index is -0.311. The van der Waals surface area contributed by atoms with E-state index in [1.807, 2.05) is 0 Å². The van der Waals surface area contributed by atoms with Crippen molar-refractivity contribution in [1.29, 1.82) is 0 Å². The summed E-state index contributed by atoms with van der Waals surface area (Å²) in [6.07, 6.45) is 2.57. The zero-order chi connectivity index (χ0) is 9.52. The van der Waals surface area contributed by atoms with Gasteiger partial charge in [-0.25, -0.2) is 4.79 Å². The molecule has 1 atom stereocenters. The molecule has 0 bridgehead atoms. The molecule has 1 unspecified atom stereocenters. The lowest BCUT2D eigenvalue weighted by Gasteiger charge is -2.14. The number of hydrogen-bond acceptors (Lipinski definition) is 3. The first-order chi connectivity index (χ1) is 6.33. The largest absolute Gasteiger partial charge is 0.450 e. The average Bonchev–Trinajstić information content (AvgIpc) is 2.33. The molecule has 4 heteroatoms. The lowest BCUT2D eigenvalue weighted by atomic mass is 10.1. The van der Waals surface area contributed by atoms with E-state index in [2.05, 4.69) is 5.32 Å². The second-order valence-corrected chi connectivity index (χ2v) is 3.11. The van der Waals surface area contributed by atoms with Gasteiger partial charge in [0.05, 0.1) is 6.61 Å². The van der Waals surface area contributed by atoms with Gasteiger partial charge in [0.2, 0.25) is 0 Å². The monoisotopic (exact) mass is 187 g/mol. The first-order valence-corrected chi connectivity index (χ1v) is 4.84. The molecule has 0 spiro atoms. The molecule has 76 valence electrons. The fourth-order valence-electron chi connectivity index (χ4n) is 1.39. The van der Waals surface area contributed by atoms with Crippen LogP contribution in [0.2, 0.25) is 0 Å². The van der Waals surface area contributed by atoms with Crippen molar-refractivity contribution in [2.75, 3.05) is 19.8 Å². The van der Waals surface area contributed by atoms with Crippen molar-refractivity contribution in [1.82, 2.24) is 5.32 Å². The number of hydrogen-bond donors (Lipinski definition) is 1. The van der Waals surface area contributed by atoms with Gasteiger partial charge in [-0.05, 0) is 26.2 Å². The maximum Gasteiger partial charge on any atom is 0.407 e. The van der Waals surface area contributed by atoms with Crippen LogP contribution in [0.5, 0.6) is 0 Å². The number of carbonyl (C=O) groups is 1. The molecule has 1 aliphatic rings. The van der Waals surface area contributed by atoms with Crippen molar-refractivity contribution in [3.63, 3.8) is 0 Å². The van der Waals surface area contributed by atoms with Crippen LogP contribution in [-0.4, -0.2) is 32.0 Å². The van der Waals surface area contributed by atoms with E-state index in [4.69, 9.17) is 9.47 Å². The molecule has 1 N–H and O–H groups in total. The summed E-state index contributed by atoms with van der Waals surface area (Å²) in [5, 5.41) is 2.82. The number of carbonyl (C=O) groups excluding carboxylic acids is 1. The molecule has 1 amide bonds. The normalized spacial score (nSPS) is 23.3. The molecule has 4 nitrogen and oxygen atoms in total. The third kappa shape index (κ3) is 4.12. The number of alkyl carbamates (subject to hydrolysis) is 1. The van der Waals surface area contributed by atoms with Gasteiger partial charge in [-0.15, -0.1) is 0 Å². The molecule has 0 aromatic carbocycles. The van der Waals surface area contributed by atoms with Crippen LogP contribution < -0.4 is 5.32 Å². The van der Waals surface area contributed by atoms with Crippen LogP contribution in [0, 0.1) is 0 Å². The van der Waals surface area contributed by atoms with Gasteiger partial charge in [0.1, 0.15) is 0 Å². The summed E-state index contributed by atoms with van der Waals surface area (Å²) in [4.78, 5) is 11.0. The molecule has 1 fully saturated rings. The summed E-state index contributed by atoms with van der Waals surface area (Å²) in [5.41, 5.74) is 0. The Labute approximate surface area is 78.6 Å². The van der Waals surface area contributed by atoms with Crippen molar-refractivity contribution in [2.24, 2.45) is 0 Å². The van der Waals surface area contributed by atoms with Crippen LogP contribution in [0.3, 0.4) is 0 Å². The molecule has 1 aliphatic heterocycles. The Hall–Kier alpha value is -0.770. The van der Waals surface area contributed by atoms with Crippen molar-refractivity contribution in [3.05, 3.63) is 0 Å². The number of rotatable bonds is 2. The first-order valence-electron chi connectivity index (χ1n) is 4.84. The second-order valence-electron chi connectivity index (χ2n) is 3.11. The van der Waals surface area contributed by atoms with Gasteiger partial charge < -0.3 is 14.8 Å². The molecule has 0 aromatic rings. The molecule has 0 radical (unpaired) electrons. The van der Waals surface area contributed by atoms with Gasteiger partial charge in [0.25, 0.3) is 0 Å². The maximum absolute atomic E-state index is 11.0. The third-order valence-electron chi connectivity index (χ3n) is 2.05. The molecular formula is C9H17NO3. The Kier molecular flexibility index (Phi) is 4.60. The van der Waals surface area contributed by atoms with Crippen LogP contribution in [0.25, 0.3) is 0 Å². The summed E-state index contributed by atoms with van der Waals surface area (Å²) in [6, 6.07) is 0.224. The Morgan fingerprint density at radius 3 is 3.15 bits per heavy atom. The Balaban J connectivity index is 2.21. The molecular weight excluding hydrogens is 170 g/mol. The lowest BCUT2D eigenvalue weighted by molar-refractivity contribution is 0.137. The molecule has 13 heavy (non-hydrogen) atoms. The zero-order valence-corrected chi connectivity index (χ0v) is 8.04. The summed E-state index contributed by atoms with van der Waals surface area (Å²) in [6.45, 7) is 3.77. The molecule has 1 rings (SSSR count). The van der Waals surface area contributed by atoms with E-state index in [1.54, 1.807) is 6.92 Å². The van der Waals surface area contributed by atoms with E-state index in [1.165, 1.54) is 0 Å². The quantitative estimate of drug-likeness (QED) is 0.708. The Morgan fingerprint density at radius 2 is 2.38 bits per heavy atom. The van der Waals surface area contributed by atoms with Gasteiger partial charge in [-0.3, -0.25) is 0 Å². The van der Waals surface area contributed by atoms with E-state index < -0.39 is 0 Å². The van der Waals surface area contributed by atoms with Crippen molar-refractivity contribution < 1.29 is 14.3 Å². The predicted molar refractivity (Wildman–Crippen MR) is 48.6 cm³/mol. The van der Waals surface area contributed by atoms with Crippen LogP contribution in [-0.2, 0) is 9.47 Å². The topological polar surface area (TPSA) is 47.6 Å². The van der Waals surface area contributed by atoms with Crippen LogP contribution >= 0.6 is 0 Å². The summed E-state index contributed by atoms with van der Waals surface area (Å²) < 4.78 is 10.1. The third-order valence-corrected chi connectivity index (χ3v) is 2.05. The van der Waals surface area contributed by atoms with E-state index in [9.17, 15) is 4.79 Å². The highest BCUT2D eigenvalue weighted by Gasteiger charge is 2.14. The van der Waals surface area contributed by atoms with E-state index in [0.717, 1.165) is 32.5 Å². The molecule has 0 saturated carbocycles. The second kappa shape index (κ2) is 5.80. The van der Waals surface area contributed by atoms with Gasteiger partial charge in [-0.2, -0.15) is 0 Å². The van der Waals surface area contributed by atoms with Gasteiger partial charge in [-0.1, -0.05) is 0 Å². The summed E-state index contributed by atoms with van der Waals surface area (Å²) in [5.74, 6) is 0. The van der Waals surface area contributed by atoms with Crippen LogP contribution in [0.4, 0.5) is 4.79 Å². The smallest absolute Gasteiger partial charge is 0.407 e. The molecule has 1 saturated heterocycles. The summed E-state index contributed by atoms with van der Waals surface area (Å²) >= 11 is 0. The summed E-state index contributed by atoms with van der Waals surface area (Å²) in [7, 11) is 0. The number of amides is 1. The molecule has 0 aliphatic carbocycles. The SMILES string of the molecule is CCOC(=O)NC1CCCOCC1. The van der Waals surface area contributed by atoms with Crippen molar-refractivity contribution in [3.8, 4) is 0 Å². The molecule has 1 heterocycles. The van der Waals surface area contributed by atoms with Crippen LogP contribution in [0.1, 0.15) is 26.2 Å². The van der Waals surface area contributed by atoms with Crippen molar-refractivity contribution in [2.45, 2.75) is 32.2 Å². The fourth-order valence-corrected chi connectivity index (χ4v) is 1.39. The first kappa shape index (κ1) is 10.3. The van der Waals surface area contributed by atoms with E-state index in [-0.39, 0.29) is 12.1 Å². The highest BCUT2D eigenvalue weighted by atomic mass is 16.5. The van der Waals surface area contributed by atoms with Gasteiger partial charge in [0, 0.05) is 19.3 Å². The highest BCUT2D eigenvalue weighted by molar-refractivity contribution is 5.67. The van der Waals surface area contributed by atoms with Crippen molar-refractivity contribution >= 4 is 6.09 Å². The average molecular weight is 187 g/mol. The number of nitrogens with one attached hydrogen (secondary N) is 1. The highest BCUT2D eigenvalue weighted by Crippen LogP contribution is 2.07. The van der Waals surface area contributed by atoms with E-state index in [0.29, 0.717) is 6.61 Å². The fraction of sp³-hybridized carbons (Fsp3) is 0.889. The zero-order valence-electron chi connectivity index (χ0n) is 8.04. The standard InChI is InChI=1S/C9H17NO3/c1-2-13-9(11)10-8-4-3-6-12-7-5-8/h8H,2-7H2,1H3,(H,10,11). The van der Waals surface area contributed by atoms with Gasteiger partial charge >= 0.3 is 6.09 Å². The maximum atomic E-state index is 11.0.